The molecule has 1 aliphatic rings. The van der Waals surface area contributed by atoms with E-state index in [1.807, 2.05) is 20.8 Å². The number of Topliss-reactive ketones (excluding diaryl/α,β-unsaturated/α-hetero) is 1. The van der Waals surface area contributed by atoms with Crippen LogP contribution in [-0.2, 0) is 19.1 Å². The van der Waals surface area contributed by atoms with Crippen LogP contribution in [0.5, 0.6) is 0 Å². The van der Waals surface area contributed by atoms with Gasteiger partial charge in [-0.15, -0.1) is 0 Å². The van der Waals surface area contributed by atoms with Gasteiger partial charge in [-0.1, -0.05) is 24.6 Å². The lowest BCUT2D eigenvalue weighted by molar-refractivity contribution is -0.138. The molecule has 0 spiro atoms. The van der Waals surface area contributed by atoms with E-state index in [9.17, 15) is 14.4 Å². The van der Waals surface area contributed by atoms with Crippen LogP contribution in [0.2, 0.25) is 0 Å². The molecular formula is C20H26O4. The summed E-state index contributed by atoms with van der Waals surface area (Å²) in [7, 11) is 0. The first kappa shape index (κ1) is 19.8. The Kier molecular flexibility index (Phi) is 7.08. The maximum atomic E-state index is 12.4. The molecule has 4 heteroatoms. The first-order chi connectivity index (χ1) is 11.2. The topological polar surface area (TPSA) is 60.4 Å². The summed E-state index contributed by atoms with van der Waals surface area (Å²) in [4.78, 5) is 36.9. The molecule has 0 bridgehead atoms. The monoisotopic (exact) mass is 330 g/mol. The van der Waals surface area contributed by atoms with Crippen molar-refractivity contribution in [2.45, 2.75) is 54.4 Å². The van der Waals surface area contributed by atoms with E-state index >= 15 is 0 Å². The molecule has 1 atom stereocenters. The smallest absolute Gasteiger partial charge is 0.338 e. The predicted octanol–water partition coefficient (Wildman–Crippen LogP) is 4.23. The highest BCUT2D eigenvalue weighted by molar-refractivity contribution is 6.22. The molecule has 0 amide bonds. The van der Waals surface area contributed by atoms with E-state index in [1.165, 1.54) is 11.6 Å². The molecule has 0 saturated heterocycles. The van der Waals surface area contributed by atoms with E-state index in [-0.39, 0.29) is 17.5 Å². The van der Waals surface area contributed by atoms with Crippen LogP contribution < -0.4 is 0 Å². The molecule has 1 rings (SSSR count). The van der Waals surface area contributed by atoms with Crippen LogP contribution in [0.15, 0.2) is 46.3 Å². The molecule has 0 radical (unpaired) electrons. The zero-order valence-electron chi connectivity index (χ0n) is 15.4. The Bertz CT molecular complexity index is 668. The minimum Gasteiger partial charge on any atom is -0.419 e. The summed E-state index contributed by atoms with van der Waals surface area (Å²) in [6.07, 6.45) is 6.53. The van der Waals surface area contributed by atoms with Gasteiger partial charge in [0.15, 0.2) is 11.5 Å². The Balaban J connectivity index is 3.18. The second-order valence-corrected chi connectivity index (χ2v) is 6.38. The largest absolute Gasteiger partial charge is 0.419 e. The molecule has 4 nitrogen and oxygen atoms in total. The van der Waals surface area contributed by atoms with E-state index in [2.05, 4.69) is 6.08 Å². The number of hydrogen-bond acceptors (Lipinski definition) is 4. The Labute approximate surface area is 144 Å². The molecular weight excluding hydrogens is 304 g/mol. The Morgan fingerprint density at radius 2 is 1.88 bits per heavy atom. The number of esters is 1. The normalized spacial score (nSPS) is 16.8. The van der Waals surface area contributed by atoms with Crippen LogP contribution in [0.4, 0.5) is 0 Å². The van der Waals surface area contributed by atoms with Crippen LogP contribution in [0, 0.1) is 5.92 Å². The van der Waals surface area contributed by atoms with Crippen molar-refractivity contribution in [3.05, 3.63) is 46.3 Å². The summed E-state index contributed by atoms with van der Waals surface area (Å²) in [5.41, 5.74) is 2.19. The average molecular weight is 330 g/mol. The summed E-state index contributed by atoms with van der Waals surface area (Å²) in [6, 6.07) is 0. The lowest BCUT2D eigenvalue weighted by atomic mass is 9.85. The molecule has 0 aromatic heterocycles. The van der Waals surface area contributed by atoms with Crippen molar-refractivity contribution in [1.82, 2.24) is 0 Å². The van der Waals surface area contributed by atoms with Crippen LogP contribution >= 0.6 is 0 Å². The number of rotatable bonds is 6. The molecule has 0 aliphatic heterocycles. The van der Waals surface area contributed by atoms with Crippen molar-refractivity contribution < 1.29 is 19.1 Å². The third-order valence-electron chi connectivity index (χ3n) is 4.02. The summed E-state index contributed by atoms with van der Waals surface area (Å²) < 4.78 is 5.30. The third-order valence-corrected chi connectivity index (χ3v) is 4.02. The molecule has 0 fully saturated rings. The molecule has 24 heavy (non-hydrogen) atoms. The highest BCUT2D eigenvalue weighted by Gasteiger charge is 2.32. The van der Waals surface area contributed by atoms with Gasteiger partial charge in [-0.2, -0.15) is 0 Å². The maximum Gasteiger partial charge on any atom is 0.338 e. The predicted molar refractivity (Wildman–Crippen MR) is 94.1 cm³/mol. The average Bonchev–Trinajstić information content (AvgIpc) is 2.50. The standard InChI is InChI=1S/C20H26O4/c1-7-13(4)20(23)24-19-17(14(5)10-8-9-12(2)3)16(21)11-15(6)18(19)22/h7,9,11,14H,8,10H2,1-6H3. The molecule has 0 saturated carbocycles. The lowest BCUT2D eigenvalue weighted by Crippen LogP contribution is -2.25. The first-order valence-corrected chi connectivity index (χ1v) is 8.19. The van der Waals surface area contributed by atoms with Gasteiger partial charge in [-0.05, 0) is 59.5 Å². The maximum absolute atomic E-state index is 12.4. The van der Waals surface area contributed by atoms with E-state index < -0.39 is 11.8 Å². The number of carbonyl (C=O) groups is 3. The highest BCUT2D eigenvalue weighted by atomic mass is 16.5. The van der Waals surface area contributed by atoms with Gasteiger partial charge in [-0.25, -0.2) is 4.79 Å². The Morgan fingerprint density at radius 3 is 2.42 bits per heavy atom. The number of ether oxygens (including phenoxy) is 1. The second kappa shape index (κ2) is 8.57. The van der Waals surface area contributed by atoms with Gasteiger partial charge in [0, 0.05) is 16.7 Å². The number of hydrogen-bond donors (Lipinski definition) is 0. The van der Waals surface area contributed by atoms with Gasteiger partial charge < -0.3 is 4.74 Å². The molecule has 0 N–H and O–H groups in total. The SMILES string of the molecule is CC=C(C)C(=O)OC1=C(C(C)CCC=C(C)C)C(=O)C=C(C)C1=O. The molecule has 0 aromatic carbocycles. The highest BCUT2D eigenvalue weighted by Crippen LogP contribution is 2.29. The summed E-state index contributed by atoms with van der Waals surface area (Å²) >= 11 is 0. The molecule has 130 valence electrons. The fraction of sp³-hybridized carbons (Fsp3) is 0.450. The van der Waals surface area contributed by atoms with E-state index in [0.717, 1.165) is 6.42 Å². The minimum atomic E-state index is -0.600. The van der Waals surface area contributed by atoms with E-state index in [0.29, 0.717) is 23.1 Å². The third kappa shape index (κ3) is 4.88. The minimum absolute atomic E-state index is 0.115. The number of allylic oxidation sites excluding steroid dienone is 6. The Hall–Kier alpha value is -2.23. The van der Waals surface area contributed by atoms with Crippen LogP contribution in [0.25, 0.3) is 0 Å². The second-order valence-electron chi connectivity index (χ2n) is 6.38. The van der Waals surface area contributed by atoms with Crippen molar-refractivity contribution in [2.24, 2.45) is 5.92 Å². The van der Waals surface area contributed by atoms with Gasteiger partial charge in [0.2, 0.25) is 5.78 Å². The molecule has 1 unspecified atom stereocenters. The van der Waals surface area contributed by atoms with Crippen LogP contribution in [0.1, 0.15) is 54.4 Å². The zero-order valence-corrected chi connectivity index (χ0v) is 15.4. The summed E-state index contributed by atoms with van der Waals surface area (Å²) in [5.74, 6) is -1.53. The van der Waals surface area contributed by atoms with E-state index in [4.69, 9.17) is 4.74 Å². The van der Waals surface area contributed by atoms with Crippen molar-refractivity contribution >= 4 is 17.5 Å². The van der Waals surface area contributed by atoms with Crippen molar-refractivity contribution in [3.8, 4) is 0 Å². The fourth-order valence-corrected chi connectivity index (χ4v) is 2.38. The van der Waals surface area contributed by atoms with Gasteiger partial charge >= 0.3 is 5.97 Å². The fourth-order valence-electron chi connectivity index (χ4n) is 2.38. The van der Waals surface area contributed by atoms with Crippen LogP contribution in [0.3, 0.4) is 0 Å². The van der Waals surface area contributed by atoms with Gasteiger partial charge in [-0.3, -0.25) is 9.59 Å². The number of ketones is 2. The zero-order chi connectivity index (χ0) is 18.4. The number of carbonyl (C=O) groups excluding carboxylic acids is 3. The van der Waals surface area contributed by atoms with Gasteiger partial charge in [0.25, 0.3) is 0 Å². The molecule has 0 heterocycles. The van der Waals surface area contributed by atoms with Gasteiger partial charge in [0.1, 0.15) is 0 Å². The first-order valence-electron chi connectivity index (χ1n) is 8.19. The van der Waals surface area contributed by atoms with Crippen molar-refractivity contribution in [1.29, 1.82) is 0 Å². The van der Waals surface area contributed by atoms with Gasteiger partial charge in [0.05, 0.1) is 0 Å². The van der Waals surface area contributed by atoms with Crippen LogP contribution in [-0.4, -0.2) is 17.5 Å². The van der Waals surface area contributed by atoms with E-state index in [1.54, 1.807) is 26.8 Å². The summed E-state index contributed by atoms with van der Waals surface area (Å²) in [6.45, 7) is 10.8. The molecule has 1 aliphatic carbocycles. The van der Waals surface area contributed by atoms with Crippen molar-refractivity contribution in [2.75, 3.05) is 0 Å². The molecule has 0 aromatic rings. The lowest BCUT2D eigenvalue weighted by Gasteiger charge is -2.21. The van der Waals surface area contributed by atoms with Crippen molar-refractivity contribution in [3.63, 3.8) is 0 Å². The quantitative estimate of drug-likeness (QED) is 0.316. The Morgan fingerprint density at radius 1 is 1.25 bits per heavy atom. The summed E-state index contributed by atoms with van der Waals surface area (Å²) in [5, 5.41) is 0.